The van der Waals surface area contributed by atoms with Gasteiger partial charge in [0.25, 0.3) is 0 Å². The zero-order chi connectivity index (χ0) is 29.6. The van der Waals surface area contributed by atoms with Crippen LogP contribution in [0.3, 0.4) is 0 Å². The molecule has 0 bridgehead atoms. The molecule has 1 aliphatic rings. The Kier molecular flexibility index (Phi) is 9.92. The van der Waals surface area contributed by atoms with E-state index < -0.39 is 11.7 Å². The van der Waals surface area contributed by atoms with Crippen LogP contribution in [0.2, 0.25) is 0 Å². The van der Waals surface area contributed by atoms with Crippen molar-refractivity contribution in [3.05, 3.63) is 77.9 Å². The van der Waals surface area contributed by atoms with Crippen LogP contribution in [-0.4, -0.2) is 49.4 Å². The number of rotatable bonds is 10. The highest BCUT2D eigenvalue weighted by Gasteiger charge is 2.25. The van der Waals surface area contributed by atoms with Crippen LogP contribution in [0.5, 0.6) is 0 Å². The number of nitrogens with zero attached hydrogens (tertiary/aromatic N) is 1. The Balaban J connectivity index is 1.25. The lowest BCUT2D eigenvalue weighted by molar-refractivity contribution is -0.143. The van der Waals surface area contributed by atoms with Crippen LogP contribution in [0.1, 0.15) is 65.1 Å². The maximum Gasteiger partial charge on any atom is 0.407 e. The van der Waals surface area contributed by atoms with E-state index in [2.05, 4.69) is 77.1 Å². The first-order valence-electron chi connectivity index (χ1n) is 14.7. The molecule has 0 aromatic heterocycles. The zero-order valence-corrected chi connectivity index (χ0v) is 25.3. The predicted molar refractivity (Wildman–Crippen MR) is 165 cm³/mol. The van der Waals surface area contributed by atoms with Crippen LogP contribution in [0.15, 0.2) is 66.7 Å². The van der Waals surface area contributed by atoms with E-state index in [1.54, 1.807) is 0 Å². The molecule has 3 atom stereocenters. The quantitative estimate of drug-likeness (QED) is 0.280. The smallest absolute Gasteiger partial charge is 0.407 e. The molecule has 1 saturated heterocycles. The van der Waals surface area contributed by atoms with Crippen molar-refractivity contribution in [2.75, 3.05) is 24.6 Å². The van der Waals surface area contributed by atoms with Crippen molar-refractivity contribution in [1.82, 2.24) is 10.6 Å². The molecule has 7 heteroatoms. The molecule has 41 heavy (non-hydrogen) atoms. The number of nitrogens with one attached hydrogen (secondary N) is 2. The molecular formula is C34H45N3O4. The molecule has 4 rings (SSSR count). The number of amides is 1. The van der Waals surface area contributed by atoms with Gasteiger partial charge < -0.3 is 25.0 Å². The number of fused-ring (bicyclic) bond motifs is 1. The molecular weight excluding hydrogens is 514 g/mol. The highest BCUT2D eigenvalue weighted by atomic mass is 16.6. The molecule has 1 aliphatic heterocycles. The molecule has 0 spiro atoms. The monoisotopic (exact) mass is 559 g/mol. The Labute approximate surface area is 244 Å². The van der Waals surface area contributed by atoms with Gasteiger partial charge in [-0.25, -0.2) is 4.79 Å². The van der Waals surface area contributed by atoms with Crippen molar-refractivity contribution in [3.63, 3.8) is 0 Å². The first-order valence-corrected chi connectivity index (χ1v) is 14.7. The van der Waals surface area contributed by atoms with E-state index in [-0.39, 0.29) is 37.0 Å². The minimum atomic E-state index is -0.586. The molecule has 1 fully saturated rings. The third-order valence-corrected chi connectivity index (χ3v) is 7.54. The highest BCUT2D eigenvalue weighted by molar-refractivity contribution is 5.86. The van der Waals surface area contributed by atoms with Gasteiger partial charge in [-0.15, -0.1) is 0 Å². The van der Waals surface area contributed by atoms with E-state index in [0.29, 0.717) is 6.04 Å². The molecule has 7 nitrogen and oxygen atoms in total. The molecule has 1 amide bonds. The summed E-state index contributed by atoms with van der Waals surface area (Å²) in [6.07, 6.45) is 0.757. The lowest BCUT2D eigenvalue weighted by Crippen LogP contribution is -2.44. The van der Waals surface area contributed by atoms with E-state index >= 15 is 0 Å². The van der Waals surface area contributed by atoms with Gasteiger partial charge in [0.2, 0.25) is 0 Å². The fourth-order valence-electron chi connectivity index (χ4n) is 5.29. The number of hydrogen-bond donors (Lipinski definition) is 2. The van der Waals surface area contributed by atoms with E-state index in [1.807, 2.05) is 46.8 Å². The van der Waals surface area contributed by atoms with Crippen molar-refractivity contribution in [1.29, 1.82) is 0 Å². The Bertz CT molecular complexity index is 1310. The Morgan fingerprint density at radius 2 is 1.68 bits per heavy atom. The van der Waals surface area contributed by atoms with Gasteiger partial charge >= 0.3 is 12.1 Å². The second-order valence-corrected chi connectivity index (χ2v) is 12.4. The van der Waals surface area contributed by atoms with Crippen molar-refractivity contribution < 1.29 is 19.1 Å². The lowest BCUT2D eigenvalue weighted by atomic mass is 9.99. The predicted octanol–water partition coefficient (Wildman–Crippen LogP) is 6.40. The van der Waals surface area contributed by atoms with Gasteiger partial charge in [0.15, 0.2) is 0 Å². The minimum Gasteiger partial charge on any atom is -0.463 e. The number of carbonyl (C=O) groups is 2. The van der Waals surface area contributed by atoms with Gasteiger partial charge in [0.1, 0.15) is 12.2 Å². The summed E-state index contributed by atoms with van der Waals surface area (Å²) in [6.45, 7) is 13.7. The van der Waals surface area contributed by atoms with Crippen molar-refractivity contribution in [2.45, 2.75) is 78.1 Å². The summed E-state index contributed by atoms with van der Waals surface area (Å²) in [6, 6.07) is 23.6. The first-order chi connectivity index (χ1) is 19.5. The Morgan fingerprint density at radius 1 is 0.976 bits per heavy atom. The van der Waals surface area contributed by atoms with Gasteiger partial charge in [-0.1, -0.05) is 68.4 Å². The Morgan fingerprint density at radius 3 is 2.39 bits per heavy atom. The fourth-order valence-corrected chi connectivity index (χ4v) is 5.29. The molecule has 0 radical (unpaired) electrons. The molecule has 0 unspecified atom stereocenters. The first kappa shape index (κ1) is 30.4. The lowest BCUT2D eigenvalue weighted by Gasteiger charge is -2.25. The summed E-state index contributed by atoms with van der Waals surface area (Å²) in [5.41, 5.74) is 2.80. The number of hydrogen-bond acceptors (Lipinski definition) is 6. The van der Waals surface area contributed by atoms with Gasteiger partial charge in [0, 0.05) is 30.9 Å². The maximum atomic E-state index is 12.6. The molecule has 220 valence electrons. The van der Waals surface area contributed by atoms with Crippen molar-refractivity contribution in [3.8, 4) is 0 Å². The number of alkyl carbamates (subject to hydrolysis) is 1. The van der Waals surface area contributed by atoms with Crippen LogP contribution in [0, 0.1) is 5.92 Å². The number of benzene rings is 3. The number of carbonyl (C=O) groups excluding carboxylic acids is 2. The third kappa shape index (κ3) is 8.70. The summed E-state index contributed by atoms with van der Waals surface area (Å²) >= 11 is 0. The summed E-state index contributed by atoms with van der Waals surface area (Å²) in [7, 11) is 0. The maximum absolute atomic E-state index is 12.6. The van der Waals surface area contributed by atoms with Crippen LogP contribution in [0.4, 0.5) is 10.5 Å². The van der Waals surface area contributed by atoms with Crippen LogP contribution < -0.4 is 15.5 Å². The minimum absolute atomic E-state index is 0.0865. The van der Waals surface area contributed by atoms with E-state index in [4.69, 9.17) is 9.47 Å². The summed E-state index contributed by atoms with van der Waals surface area (Å²) in [5, 5.41) is 9.23. The van der Waals surface area contributed by atoms with Crippen LogP contribution in [-0.2, 0) is 20.7 Å². The standard InChI is InChI=1S/C34H45N3O4/c1-23(2)31(36-33(39)41-34(4,5)6)22-40-32(38)20-25-14-16-28(17-15-25)37-19-18-27(21-37)35-24(3)29-13-9-11-26-10-7-8-12-30(26)29/h7-17,23-24,27,31,35H,18-22H2,1-6H3,(H,36,39)/t24-,27+,31-/m1/s1. The van der Waals surface area contributed by atoms with E-state index in [1.165, 1.54) is 16.3 Å². The second kappa shape index (κ2) is 13.4. The molecule has 2 N–H and O–H groups in total. The molecule has 3 aromatic rings. The fraction of sp³-hybridized carbons (Fsp3) is 0.471. The zero-order valence-electron chi connectivity index (χ0n) is 25.3. The van der Waals surface area contributed by atoms with E-state index in [9.17, 15) is 9.59 Å². The number of anilines is 1. The topological polar surface area (TPSA) is 79.9 Å². The van der Waals surface area contributed by atoms with Crippen LogP contribution >= 0.6 is 0 Å². The third-order valence-electron chi connectivity index (χ3n) is 7.54. The van der Waals surface area contributed by atoms with Gasteiger partial charge in [-0.2, -0.15) is 0 Å². The average molecular weight is 560 g/mol. The average Bonchev–Trinajstić information content (AvgIpc) is 3.38. The summed E-state index contributed by atoms with van der Waals surface area (Å²) in [4.78, 5) is 27.1. The van der Waals surface area contributed by atoms with Crippen LogP contribution in [0.25, 0.3) is 10.8 Å². The van der Waals surface area contributed by atoms with Gasteiger partial charge in [0.05, 0.1) is 12.5 Å². The Hall–Kier alpha value is -3.58. The summed E-state index contributed by atoms with van der Waals surface area (Å²) < 4.78 is 10.9. The normalized spacial score (nSPS) is 17.0. The highest BCUT2D eigenvalue weighted by Crippen LogP contribution is 2.27. The van der Waals surface area contributed by atoms with Crippen molar-refractivity contribution >= 4 is 28.5 Å². The van der Waals surface area contributed by atoms with Crippen molar-refractivity contribution in [2.24, 2.45) is 5.92 Å². The largest absolute Gasteiger partial charge is 0.463 e. The SMILES string of the molecule is CC(C)[C@@H](COC(=O)Cc1ccc(N2CC[C@H](N[C@H](C)c3cccc4ccccc34)C2)cc1)NC(=O)OC(C)(C)C. The second-order valence-electron chi connectivity index (χ2n) is 12.4. The molecule has 0 aliphatic carbocycles. The number of esters is 1. The molecule has 3 aromatic carbocycles. The van der Waals surface area contributed by atoms with Gasteiger partial charge in [-0.3, -0.25) is 4.79 Å². The van der Waals surface area contributed by atoms with Gasteiger partial charge in [-0.05, 0) is 74.1 Å². The molecule has 1 heterocycles. The van der Waals surface area contributed by atoms with E-state index in [0.717, 1.165) is 30.8 Å². The number of ether oxygens (including phenoxy) is 2. The summed E-state index contributed by atoms with van der Waals surface area (Å²) in [5.74, 6) is -0.231. The molecule has 0 saturated carbocycles.